The Labute approximate surface area is 101 Å². The van der Waals surface area contributed by atoms with Crippen LogP contribution in [-0.2, 0) is 4.79 Å². The van der Waals surface area contributed by atoms with E-state index in [0.717, 1.165) is 24.1 Å². The van der Waals surface area contributed by atoms with Crippen LogP contribution in [0.15, 0.2) is 18.2 Å². The summed E-state index contributed by atoms with van der Waals surface area (Å²) in [5.41, 5.74) is 2.47. The molecule has 2 N–H and O–H groups in total. The zero-order valence-corrected chi connectivity index (χ0v) is 9.79. The predicted octanol–water partition coefficient (Wildman–Crippen LogP) is 1.56. The molecule has 2 rings (SSSR count). The Morgan fingerprint density at radius 2 is 2.29 bits per heavy atom. The van der Waals surface area contributed by atoms with Gasteiger partial charge < -0.3 is 10.6 Å². The Morgan fingerprint density at radius 3 is 2.94 bits per heavy atom. The Bertz CT molecular complexity index is 472. The molecular weight excluding hydrogens is 214 g/mol. The van der Waals surface area contributed by atoms with Gasteiger partial charge in [0.2, 0.25) is 5.91 Å². The Kier molecular flexibility index (Phi) is 3.29. The van der Waals surface area contributed by atoms with Crippen molar-refractivity contribution in [2.45, 2.75) is 25.8 Å². The minimum atomic E-state index is 0.00857. The van der Waals surface area contributed by atoms with E-state index in [2.05, 4.69) is 16.7 Å². The van der Waals surface area contributed by atoms with E-state index in [1.54, 1.807) is 12.1 Å². The van der Waals surface area contributed by atoms with Gasteiger partial charge in [-0.1, -0.05) is 6.07 Å². The molecule has 0 spiro atoms. The normalized spacial score (nSPS) is 13.9. The first-order valence-electron chi connectivity index (χ1n) is 5.73. The molecule has 0 aromatic heterocycles. The number of nitriles is 1. The lowest BCUT2D eigenvalue weighted by atomic mass is 10.1. The molecule has 0 unspecified atom stereocenters. The SMILES string of the molecule is Cc1ccc(C#N)cc1NCC(=O)NC1CC1. The molecule has 1 saturated carbocycles. The molecule has 17 heavy (non-hydrogen) atoms. The number of nitrogens with zero attached hydrogens (tertiary/aromatic N) is 1. The van der Waals surface area contributed by atoms with Crippen LogP contribution in [0.5, 0.6) is 0 Å². The van der Waals surface area contributed by atoms with Crippen LogP contribution in [-0.4, -0.2) is 18.5 Å². The number of nitrogens with one attached hydrogen (secondary N) is 2. The van der Waals surface area contributed by atoms with Crippen molar-refractivity contribution in [3.05, 3.63) is 29.3 Å². The Hall–Kier alpha value is -2.02. The van der Waals surface area contributed by atoms with Crippen molar-refractivity contribution in [1.82, 2.24) is 5.32 Å². The molecule has 1 fully saturated rings. The third kappa shape index (κ3) is 3.22. The fourth-order valence-corrected chi connectivity index (χ4v) is 1.56. The first-order chi connectivity index (χ1) is 8.19. The average Bonchev–Trinajstić information content (AvgIpc) is 3.12. The second kappa shape index (κ2) is 4.88. The Balaban J connectivity index is 1.93. The number of benzene rings is 1. The number of hydrogen-bond donors (Lipinski definition) is 2. The third-order valence-electron chi connectivity index (χ3n) is 2.75. The van der Waals surface area contributed by atoms with Gasteiger partial charge >= 0.3 is 0 Å². The van der Waals surface area contributed by atoms with Gasteiger partial charge in [0.15, 0.2) is 0 Å². The smallest absolute Gasteiger partial charge is 0.239 e. The molecule has 1 aliphatic carbocycles. The molecule has 0 saturated heterocycles. The lowest BCUT2D eigenvalue weighted by Gasteiger charge is -2.09. The molecule has 0 radical (unpaired) electrons. The highest BCUT2D eigenvalue weighted by atomic mass is 16.2. The van der Waals surface area contributed by atoms with E-state index in [1.165, 1.54) is 0 Å². The van der Waals surface area contributed by atoms with Crippen LogP contribution in [0.25, 0.3) is 0 Å². The summed E-state index contributed by atoms with van der Waals surface area (Å²) in [5, 5.41) is 14.8. The summed E-state index contributed by atoms with van der Waals surface area (Å²) in [5.74, 6) is 0.00857. The summed E-state index contributed by atoms with van der Waals surface area (Å²) in [6.45, 7) is 2.20. The highest BCUT2D eigenvalue weighted by Crippen LogP contribution is 2.19. The quantitative estimate of drug-likeness (QED) is 0.823. The molecule has 1 aliphatic rings. The standard InChI is InChI=1S/C13H15N3O/c1-9-2-3-10(7-14)6-12(9)15-8-13(17)16-11-4-5-11/h2-3,6,11,15H,4-5,8H2,1H3,(H,16,17). The van der Waals surface area contributed by atoms with Crippen LogP contribution in [0.2, 0.25) is 0 Å². The largest absolute Gasteiger partial charge is 0.376 e. The molecule has 4 heteroatoms. The predicted molar refractivity (Wildman–Crippen MR) is 65.5 cm³/mol. The van der Waals surface area contributed by atoms with E-state index in [0.29, 0.717) is 11.6 Å². The lowest BCUT2D eigenvalue weighted by Crippen LogP contribution is -2.31. The van der Waals surface area contributed by atoms with E-state index < -0.39 is 0 Å². The van der Waals surface area contributed by atoms with Gasteiger partial charge in [-0.05, 0) is 37.5 Å². The van der Waals surface area contributed by atoms with Crippen LogP contribution in [0.3, 0.4) is 0 Å². The highest BCUT2D eigenvalue weighted by molar-refractivity contribution is 5.81. The van der Waals surface area contributed by atoms with Crippen LogP contribution >= 0.6 is 0 Å². The van der Waals surface area contributed by atoms with Crippen molar-refractivity contribution in [2.75, 3.05) is 11.9 Å². The Morgan fingerprint density at radius 1 is 1.53 bits per heavy atom. The van der Waals surface area contributed by atoms with E-state index in [9.17, 15) is 4.79 Å². The van der Waals surface area contributed by atoms with Crippen LogP contribution in [0.1, 0.15) is 24.0 Å². The fraction of sp³-hybridized carbons (Fsp3) is 0.385. The topological polar surface area (TPSA) is 64.9 Å². The third-order valence-corrected chi connectivity index (χ3v) is 2.75. The first kappa shape index (κ1) is 11.5. The molecule has 1 amide bonds. The molecule has 1 aromatic carbocycles. The molecule has 0 bridgehead atoms. The van der Waals surface area contributed by atoms with Gasteiger partial charge in [-0.3, -0.25) is 4.79 Å². The van der Waals surface area contributed by atoms with Crippen molar-refractivity contribution in [2.24, 2.45) is 0 Å². The van der Waals surface area contributed by atoms with Crippen molar-refractivity contribution >= 4 is 11.6 Å². The van der Waals surface area contributed by atoms with Gasteiger partial charge in [0, 0.05) is 11.7 Å². The number of rotatable bonds is 4. The van der Waals surface area contributed by atoms with Gasteiger partial charge in [0.1, 0.15) is 0 Å². The number of aryl methyl sites for hydroxylation is 1. The zero-order valence-electron chi connectivity index (χ0n) is 9.79. The maximum Gasteiger partial charge on any atom is 0.239 e. The summed E-state index contributed by atoms with van der Waals surface area (Å²) in [6, 6.07) is 7.88. The van der Waals surface area contributed by atoms with Gasteiger partial charge in [-0.2, -0.15) is 5.26 Å². The monoisotopic (exact) mass is 229 g/mol. The van der Waals surface area contributed by atoms with Crippen molar-refractivity contribution in [3.8, 4) is 6.07 Å². The van der Waals surface area contributed by atoms with E-state index in [-0.39, 0.29) is 12.5 Å². The summed E-state index contributed by atoms with van der Waals surface area (Å²) in [4.78, 5) is 11.5. The summed E-state index contributed by atoms with van der Waals surface area (Å²) in [7, 11) is 0. The number of carbonyl (C=O) groups is 1. The second-order valence-corrected chi connectivity index (χ2v) is 4.34. The minimum Gasteiger partial charge on any atom is -0.376 e. The van der Waals surface area contributed by atoms with E-state index in [4.69, 9.17) is 5.26 Å². The van der Waals surface area contributed by atoms with Gasteiger partial charge in [0.25, 0.3) is 0 Å². The van der Waals surface area contributed by atoms with Crippen molar-refractivity contribution in [3.63, 3.8) is 0 Å². The number of carbonyl (C=O) groups excluding carboxylic acids is 1. The number of amides is 1. The second-order valence-electron chi connectivity index (χ2n) is 4.34. The van der Waals surface area contributed by atoms with E-state index >= 15 is 0 Å². The van der Waals surface area contributed by atoms with Gasteiger partial charge in [-0.15, -0.1) is 0 Å². The van der Waals surface area contributed by atoms with Crippen LogP contribution < -0.4 is 10.6 Å². The lowest BCUT2D eigenvalue weighted by molar-refractivity contribution is -0.119. The van der Waals surface area contributed by atoms with Crippen LogP contribution in [0.4, 0.5) is 5.69 Å². The molecule has 1 aromatic rings. The molecular formula is C13H15N3O. The zero-order chi connectivity index (χ0) is 12.3. The highest BCUT2D eigenvalue weighted by Gasteiger charge is 2.22. The molecule has 0 atom stereocenters. The maximum atomic E-state index is 11.5. The molecule has 0 aliphatic heterocycles. The molecule has 0 heterocycles. The van der Waals surface area contributed by atoms with Gasteiger partial charge in [-0.25, -0.2) is 0 Å². The summed E-state index contributed by atoms with van der Waals surface area (Å²) >= 11 is 0. The molecule has 88 valence electrons. The van der Waals surface area contributed by atoms with Crippen molar-refractivity contribution < 1.29 is 4.79 Å². The first-order valence-corrected chi connectivity index (χ1v) is 5.73. The average molecular weight is 229 g/mol. The van der Waals surface area contributed by atoms with Crippen LogP contribution in [0, 0.1) is 18.3 Å². The maximum absolute atomic E-state index is 11.5. The number of anilines is 1. The molecule has 4 nitrogen and oxygen atoms in total. The summed E-state index contributed by atoms with van der Waals surface area (Å²) in [6.07, 6.45) is 2.18. The number of hydrogen-bond acceptors (Lipinski definition) is 3. The van der Waals surface area contributed by atoms with E-state index in [1.807, 2.05) is 13.0 Å². The van der Waals surface area contributed by atoms with Crippen molar-refractivity contribution in [1.29, 1.82) is 5.26 Å². The van der Waals surface area contributed by atoms with Gasteiger partial charge in [0.05, 0.1) is 18.2 Å². The summed E-state index contributed by atoms with van der Waals surface area (Å²) < 4.78 is 0. The fourth-order valence-electron chi connectivity index (χ4n) is 1.56. The minimum absolute atomic E-state index is 0.00857.